The van der Waals surface area contributed by atoms with E-state index >= 15 is 0 Å². The number of ketones is 1. The fraction of sp³-hybridized carbons (Fsp3) is 0.909. The van der Waals surface area contributed by atoms with E-state index in [1.54, 1.807) is 6.92 Å². The third kappa shape index (κ3) is 1.96. The highest BCUT2D eigenvalue weighted by atomic mass is 19.3. The zero-order chi connectivity index (χ0) is 11.0. The van der Waals surface area contributed by atoms with E-state index in [9.17, 15) is 13.6 Å². The number of rotatable bonds is 1. The number of halogens is 2. The molecule has 0 aromatic carbocycles. The fourth-order valence-corrected chi connectivity index (χ4v) is 2.61. The minimum absolute atomic E-state index is 0.0176. The molecule has 2 saturated carbocycles. The van der Waals surface area contributed by atoms with Crippen LogP contribution in [0.2, 0.25) is 0 Å². The van der Waals surface area contributed by atoms with E-state index in [2.05, 4.69) is 0 Å². The van der Waals surface area contributed by atoms with E-state index in [0.717, 1.165) is 0 Å². The summed E-state index contributed by atoms with van der Waals surface area (Å²) in [5, 5.41) is 0. The predicted molar refractivity (Wildman–Crippen MR) is 51.4 cm³/mol. The summed E-state index contributed by atoms with van der Waals surface area (Å²) in [6.07, 6.45) is 1.45. The Hall–Kier alpha value is -0.470. The molecule has 82 valence electrons. The molecule has 2 rings (SSSR count). The smallest absolute Gasteiger partial charge is 0.249 e. The molecule has 0 bridgehead atoms. The summed E-state index contributed by atoms with van der Waals surface area (Å²) in [6, 6.07) is 0. The first-order valence-corrected chi connectivity index (χ1v) is 5.31. The largest absolute Gasteiger partial charge is 0.300 e. The van der Waals surface area contributed by atoms with Gasteiger partial charge in [0.1, 0.15) is 5.78 Å². The van der Waals surface area contributed by atoms with Gasteiger partial charge in [0, 0.05) is 18.8 Å². The van der Waals surface area contributed by atoms with Crippen LogP contribution < -0.4 is 0 Å². The molecule has 14 heavy (non-hydrogen) atoms. The topological polar surface area (TPSA) is 17.1 Å². The molecule has 0 aromatic rings. The van der Waals surface area contributed by atoms with Crippen molar-refractivity contribution < 1.29 is 13.6 Å². The highest BCUT2D eigenvalue weighted by molar-refractivity contribution is 5.79. The molecule has 0 heterocycles. The Bertz CT molecular complexity index is 219. The van der Waals surface area contributed by atoms with E-state index in [4.69, 9.17) is 0 Å². The van der Waals surface area contributed by atoms with Gasteiger partial charge in [0.2, 0.25) is 5.92 Å². The molecule has 3 heteroatoms. The van der Waals surface area contributed by atoms with Gasteiger partial charge in [-0.3, -0.25) is 4.79 Å². The molecule has 0 N–H and O–H groups in total. The molecule has 1 nitrogen and oxygen atoms in total. The van der Waals surface area contributed by atoms with Gasteiger partial charge in [0.15, 0.2) is 0 Å². The molecule has 0 aromatic heterocycles. The number of carbonyl (C=O) groups excluding carboxylic acids is 1. The second-order valence-corrected chi connectivity index (χ2v) is 4.43. The first-order chi connectivity index (χ1) is 6.43. The summed E-state index contributed by atoms with van der Waals surface area (Å²) in [7, 11) is 0. The van der Waals surface area contributed by atoms with Crippen LogP contribution in [0.25, 0.3) is 0 Å². The van der Waals surface area contributed by atoms with Crippen molar-refractivity contribution in [2.75, 3.05) is 0 Å². The maximum absolute atomic E-state index is 12.5. The molecule has 0 amide bonds. The Morgan fingerprint density at radius 1 is 1.21 bits per heavy atom. The zero-order valence-corrected chi connectivity index (χ0v) is 9.07. The molecule has 0 aliphatic heterocycles. The van der Waals surface area contributed by atoms with Crippen LogP contribution in [0, 0.1) is 11.3 Å². The molecule has 0 atom stereocenters. The van der Waals surface area contributed by atoms with E-state index in [1.165, 1.54) is 0 Å². The van der Waals surface area contributed by atoms with E-state index in [-0.39, 0.29) is 30.0 Å². The molecular formula is C11H18F2O. The van der Waals surface area contributed by atoms with Crippen LogP contribution in [0.3, 0.4) is 0 Å². The summed E-state index contributed by atoms with van der Waals surface area (Å²) in [4.78, 5) is 10.8. The van der Waals surface area contributed by atoms with Crippen molar-refractivity contribution in [3.05, 3.63) is 0 Å². The number of hydrogen-bond donors (Lipinski definition) is 0. The van der Waals surface area contributed by atoms with Crippen molar-refractivity contribution >= 4 is 5.78 Å². The number of hydrogen-bond acceptors (Lipinski definition) is 1. The monoisotopic (exact) mass is 204 g/mol. The lowest BCUT2D eigenvalue weighted by atomic mass is 9.50. The summed E-state index contributed by atoms with van der Waals surface area (Å²) in [6.45, 7) is 5.55. The first kappa shape index (κ1) is 11.6. The maximum atomic E-state index is 12.5. The lowest BCUT2D eigenvalue weighted by Crippen LogP contribution is -2.54. The third-order valence-electron chi connectivity index (χ3n) is 3.20. The predicted octanol–water partition coefficient (Wildman–Crippen LogP) is 3.43. The first-order valence-electron chi connectivity index (χ1n) is 5.31. The fourth-order valence-electron chi connectivity index (χ4n) is 2.61. The Morgan fingerprint density at radius 2 is 1.64 bits per heavy atom. The third-order valence-corrected chi connectivity index (χ3v) is 3.20. The molecule has 1 spiro atoms. The van der Waals surface area contributed by atoms with Gasteiger partial charge in [-0.15, -0.1) is 0 Å². The molecule has 0 radical (unpaired) electrons. The molecule has 2 aliphatic rings. The molecule has 2 fully saturated rings. The highest BCUT2D eigenvalue weighted by Crippen LogP contribution is 2.64. The normalized spacial score (nSPS) is 26.9. The van der Waals surface area contributed by atoms with E-state index in [1.807, 2.05) is 13.8 Å². The second kappa shape index (κ2) is 3.59. The van der Waals surface area contributed by atoms with E-state index in [0.29, 0.717) is 12.8 Å². The standard InChI is InChI=1S/C9H12F2O.C2H6/c1-6(12)7-2-8(3-7)4-9(10,11)5-8;1-2/h7H,2-5H2,1H3;1-2H3. The summed E-state index contributed by atoms with van der Waals surface area (Å²) < 4.78 is 25.0. The number of Topliss-reactive ketones (excluding diaryl/α,β-unsaturated/α-hetero) is 1. The van der Waals surface area contributed by atoms with Gasteiger partial charge in [-0.05, 0) is 25.2 Å². The molecule has 0 saturated heterocycles. The van der Waals surface area contributed by atoms with Gasteiger partial charge in [0.25, 0.3) is 0 Å². The Balaban J connectivity index is 0.000000461. The van der Waals surface area contributed by atoms with Crippen LogP contribution in [0.1, 0.15) is 46.5 Å². The molecule has 0 unspecified atom stereocenters. The van der Waals surface area contributed by atoms with Crippen molar-refractivity contribution in [2.45, 2.75) is 52.4 Å². The van der Waals surface area contributed by atoms with Crippen molar-refractivity contribution in [1.29, 1.82) is 0 Å². The summed E-state index contributed by atoms with van der Waals surface area (Å²) in [5.74, 6) is -2.18. The summed E-state index contributed by atoms with van der Waals surface area (Å²) in [5.41, 5.74) is -0.139. The minimum Gasteiger partial charge on any atom is -0.300 e. The van der Waals surface area contributed by atoms with Crippen molar-refractivity contribution in [2.24, 2.45) is 11.3 Å². The quantitative estimate of drug-likeness (QED) is 0.639. The second-order valence-electron chi connectivity index (χ2n) is 4.43. The maximum Gasteiger partial charge on any atom is 0.249 e. The SMILES string of the molecule is CC.CC(=O)C1CC2(C1)CC(F)(F)C2. The van der Waals surface area contributed by atoms with Crippen LogP contribution in [0.5, 0.6) is 0 Å². The lowest BCUT2D eigenvalue weighted by molar-refractivity contribution is -0.206. The average molecular weight is 204 g/mol. The number of carbonyl (C=O) groups is 1. The molecular weight excluding hydrogens is 186 g/mol. The summed E-state index contributed by atoms with van der Waals surface area (Å²) >= 11 is 0. The molecule has 2 aliphatic carbocycles. The van der Waals surface area contributed by atoms with Gasteiger partial charge in [0.05, 0.1) is 0 Å². The average Bonchev–Trinajstić information content (AvgIpc) is 1.98. The van der Waals surface area contributed by atoms with E-state index < -0.39 is 5.92 Å². The van der Waals surface area contributed by atoms with Crippen LogP contribution in [0.4, 0.5) is 8.78 Å². The van der Waals surface area contributed by atoms with Crippen LogP contribution in [-0.2, 0) is 4.79 Å². The van der Waals surface area contributed by atoms with Gasteiger partial charge < -0.3 is 0 Å². The van der Waals surface area contributed by atoms with Crippen molar-refractivity contribution in [1.82, 2.24) is 0 Å². The van der Waals surface area contributed by atoms with Gasteiger partial charge in [-0.25, -0.2) is 8.78 Å². The Kier molecular flexibility index (Phi) is 2.98. The van der Waals surface area contributed by atoms with Crippen LogP contribution in [0.15, 0.2) is 0 Å². The van der Waals surface area contributed by atoms with Crippen LogP contribution in [-0.4, -0.2) is 11.7 Å². The van der Waals surface area contributed by atoms with Crippen molar-refractivity contribution in [3.63, 3.8) is 0 Å². The van der Waals surface area contributed by atoms with Crippen molar-refractivity contribution in [3.8, 4) is 0 Å². The Labute approximate surface area is 83.9 Å². The lowest BCUT2D eigenvalue weighted by Gasteiger charge is -2.56. The van der Waals surface area contributed by atoms with Gasteiger partial charge in [-0.2, -0.15) is 0 Å². The Morgan fingerprint density at radius 3 is 1.93 bits per heavy atom. The zero-order valence-electron chi connectivity index (χ0n) is 9.07. The minimum atomic E-state index is -2.43. The highest BCUT2D eigenvalue weighted by Gasteiger charge is 2.62. The van der Waals surface area contributed by atoms with Crippen LogP contribution >= 0.6 is 0 Å². The number of alkyl halides is 2. The van der Waals surface area contributed by atoms with Gasteiger partial charge in [-0.1, -0.05) is 13.8 Å². The van der Waals surface area contributed by atoms with Gasteiger partial charge >= 0.3 is 0 Å².